The van der Waals surface area contributed by atoms with Gasteiger partial charge in [0.1, 0.15) is 0 Å². The number of rotatable bonds is 5. The number of amides is 1. The fourth-order valence-electron chi connectivity index (χ4n) is 3.53. The van der Waals surface area contributed by atoms with Crippen LogP contribution < -0.4 is 4.90 Å². The lowest BCUT2D eigenvalue weighted by Gasteiger charge is -2.37. The van der Waals surface area contributed by atoms with Gasteiger partial charge in [0, 0.05) is 43.5 Å². The summed E-state index contributed by atoms with van der Waals surface area (Å²) in [5.74, 6) is -0.220. The predicted octanol–water partition coefficient (Wildman–Crippen LogP) is 3.01. The van der Waals surface area contributed by atoms with E-state index in [0.717, 1.165) is 11.8 Å². The number of aryl methyl sites for hydroxylation is 1. The third kappa shape index (κ3) is 4.34. The van der Waals surface area contributed by atoms with Crippen LogP contribution in [0.15, 0.2) is 36.4 Å². The fraction of sp³-hybridized carbons (Fsp3) is 0.350. The summed E-state index contributed by atoms with van der Waals surface area (Å²) in [6.45, 7) is 6.54. The number of carbonyl (C=O) groups is 1. The van der Waals surface area contributed by atoms with Crippen molar-refractivity contribution in [3.63, 3.8) is 0 Å². The smallest absolute Gasteiger partial charge is 0.279 e. The first-order valence-electron chi connectivity index (χ1n) is 9.28. The zero-order valence-corrected chi connectivity index (χ0v) is 16.3. The summed E-state index contributed by atoms with van der Waals surface area (Å²) in [6, 6.07) is 9.54. The van der Waals surface area contributed by atoms with E-state index in [2.05, 4.69) is 30.9 Å². The van der Waals surface area contributed by atoms with Crippen molar-refractivity contribution in [2.24, 2.45) is 0 Å². The lowest BCUT2D eigenvalue weighted by atomic mass is 10.1. The first-order valence-corrected chi connectivity index (χ1v) is 9.28. The molecule has 2 aromatic carbocycles. The van der Waals surface area contributed by atoms with Gasteiger partial charge in [0.15, 0.2) is 0 Å². The Kier molecular flexibility index (Phi) is 5.76. The molecule has 0 aliphatic carbocycles. The van der Waals surface area contributed by atoms with E-state index in [1.807, 2.05) is 6.07 Å². The maximum Gasteiger partial charge on any atom is 0.279 e. The molecule has 0 unspecified atom stereocenters. The van der Waals surface area contributed by atoms with Gasteiger partial charge in [-0.05, 0) is 37.1 Å². The summed E-state index contributed by atoms with van der Waals surface area (Å²) in [4.78, 5) is 37.3. The van der Waals surface area contributed by atoms with Crippen molar-refractivity contribution in [1.82, 2.24) is 4.90 Å². The summed E-state index contributed by atoms with van der Waals surface area (Å²) in [5, 5.41) is 22.1. The molecule has 2 aromatic rings. The number of hydrogen-bond donors (Lipinski definition) is 0. The van der Waals surface area contributed by atoms with Crippen LogP contribution in [0.2, 0.25) is 0 Å². The van der Waals surface area contributed by atoms with E-state index in [1.54, 1.807) is 4.90 Å². The number of nitro groups is 2. The molecule has 9 heteroatoms. The fourth-order valence-corrected chi connectivity index (χ4v) is 3.53. The van der Waals surface area contributed by atoms with Crippen LogP contribution >= 0.6 is 0 Å². The van der Waals surface area contributed by atoms with Crippen LogP contribution in [-0.4, -0.2) is 46.8 Å². The van der Waals surface area contributed by atoms with Crippen molar-refractivity contribution in [1.29, 1.82) is 0 Å². The van der Waals surface area contributed by atoms with Gasteiger partial charge >= 0.3 is 0 Å². The molecule has 1 heterocycles. The molecule has 0 spiro atoms. The van der Waals surface area contributed by atoms with Crippen LogP contribution in [0.4, 0.5) is 17.1 Å². The van der Waals surface area contributed by atoms with E-state index in [9.17, 15) is 25.0 Å². The third-order valence-corrected chi connectivity index (χ3v) is 5.37. The molecule has 1 amide bonds. The molecular formula is C20H22N4O5. The van der Waals surface area contributed by atoms with Crippen LogP contribution in [0, 0.1) is 34.1 Å². The summed E-state index contributed by atoms with van der Waals surface area (Å²) in [6.07, 6.45) is -0.155. The number of hydrogen-bond acceptors (Lipinski definition) is 6. The van der Waals surface area contributed by atoms with E-state index < -0.39 is 15.5 Å². The molecule has 0 radical (unpaired) electrons. The molecule has 0 bridgehead atoms. The third-order valence-electron chi connectivity index (χ3n) is 5.37. The van der Waals surface area contributed by atoms with Gasteiger partial charge in [-0.1, -0.05) is 12.1 Å². The molecule has 3 rings (SSSR count). The number of carbonyl (C=O) groups excluding carboxylic acids is 1. The van der Waals surface area contributed by atoms with E-state index in [1.165, 1.54) is 23.3 Å². The Labute approximate surface area is 167 Å². The number of piperazine rings is 1. The quantitative estimate of drug-likeness (QED) is 0.566. The molecule has 0 aromatic heterocycles. The Hall–Kier alpha value is -3.49. The second-order valence-corrected chi connectivity index (χ2v) is 7.09. The Bertz CT molecular complexity index is 967. The van der Waals surface area contributed by atoms with Crippen LogP contribution in [-0.2, 0) is 11.2 Å². The Morgan fingerprint density at radius 2 is 1.69 bits per heavy atom. The van der Waals surface area contributed by atoms with Crippen LogP contribution in [0.25, 0.3) is 0 Å². The maximum absolute atomic E-state index is 12.7. The minimum absolute atomic E-state index is 0.155. The molecule has 1 fully saturated rings. The maximum atomic E-state index is 12.7. The van der Waals surface area contributed by atoms with E-state index in [-0.39, 0.29) is 23.6 Å². The largest absolute Gasteiger partial charge is 0.368 e. The minimum Gasteiger partial charge on any atom is -0.368 e. The highest BCUT2D eigenvalue weighted by atomic mass is 16.6. The number of benzene rings is 2. The Morgan fingerprint density at radius 3 is 2.31 bits per heavy atom. The average Bonchev–Trinajstić information content (AvgIpc) is 2.70. The van der Waals surface area contributed by atoms with Gasteiger partial charge in [0.25, 0.3) is 11.4 Å². The first kappa shape index (κ1) is 20.2. The van der Waals surface area contributed by atoms with Gasteiger partial charge in [0.2, 0.25) is 5.91 Å². The summed E-state index contributed by atoms with van der Waals surface area (Å²) < 4.78 is 0. The van der Waals surface area contributed by atoms with Gasteiger partial charge in [-0.25, -0.2) is 0 Å². The molecule has 0 saturated carbocycles. The molecule has 29 heavy (non-hydrogen) atoms. The van der Waals surface area contributed by atoms with E-state index >= 15 is 0 Å². The van der Waals surface area contributed by atoms with Gasteiger partial charge in [-0.15, -0.1) is 0 Å². The van der Waals surface area contributed by atoms with Crippen molar-refractivity contribution < 1.29 is 14.6 Å². The zero-order chi connectivity index (χ0) is 21.1. The molecule has 152 valence electrons. The molecule has 1 saturated heterocycles. The summed E-state index contributed by atoms with van der Waals surface area (Å²) >= 11 is 0. The molecule has 1 aliphatic heterocycles. The van der Waals surface area contributed by atoms with Crippen molar-refractivity contribution in [3.8, 4) is 0 Å². The Morgan fingerprint density at radius 1 is 1.00 bits per heavy atom. The van der Waals surface area contributed by atoms with Gasteiger partial charge in [0.05, 0.1) is 22.3 Å². The number of nitrogens with zero attached hydrogens (tertiary/aromatic N) is 4. The monoisotopic (exact) mass is 398 g/mol. The van der Waals surface area contributed by atoms with E-state index in [0.29, 0.717) is 26.2 Å². The summed E-state index contributed by atoms with van der Waals surface area (Å²) in [5.41, 5.74) is 3.00. The highest BCUT2D eigenvalue weighted by molar-refractivity contribution is 5.80. The normalized spacial score (nSPS) is 14.0. The van der Waals surface area contributed by atoms with Gasteiger partial charge < -0.3 is 9.80 Å². The number of nitro benzene ring substituents is 2. The molecule has 0 N–H and O–H groups in total. The zero-order valence-electron chi connectivity index (χ0n) is 16.3. The van der Waals surface area contributed by atoms with Crippen molar-refractivity contribution in [2.75, 3.05) is 31.1 Å². The highest BCUT2D eigenvalue weighted by Crippen LogP contribution is 2.27. The van der Waals surface area contributed by atoms with Gasteiger partial charge in [-0.2, -0.15) is 0 Å². The highest BCUT2D eigenvalue weighted by Gasteiger charge is 2.26. The topological polar surface area (TPSA) is 110 Å². The summed E-state index contributed by atoms with van der Waals surface area (Å²) in [7, 11) is 0. The van der Waals surface area contributed by atoms with Crippen LogP contribution in [0.3, 0.4) is 0 Å². The predicted molar refractivity (Wildman–Crippen MR) is 108 cm³/mol. The number of non-ortho nitro benzene ring substituents is 1. The second-order valence-electron chi connectivity index (χ2n) is 7.09. The molecule has 9 nitrogen and oxygen atoms in total. The second kappa shape index (κ2) is 8.26. The first-order chi connectivity index (χ1) is 13.8. The van der Waals surface area contributed by atoms with Crippen LogP contribution in [0.1, 0.15) is 16.7 Å². The molecule has 0 atom stereocenters. The molecular weight excluding hydrogens is 376 g/mol. The lowest BCUT2D eigenvalue weighted by molar-refractivity contribution is -0.394. The number of anilines is 1. The van der Waals surface area contributed by atoms with E-state index in [4.69, 9.17) is 0 Å². The SMILES string of the molecule is Cc1cccc(N2CCN(C(=O)Cc3ccc([N+](=O)[O-])cc3[N+](=O)[O-])CC2)c1C. The van der Waals surface area contributed by atoms with Crippen LogP contribution in [0.5, 0.6) is 0 Å². The molecule has 1 aliphatic rings. The standard InChI is InChI=1S/C20H22N4O5/c1-14-4-3-5-18(15(14)2)21-8-10-22(11-9-21)20(25)12-16-6-7-17(23(26)27)13-19(16)24(28)29/h3-7,13H,8-12H2,1-2H3. The minimum atomic E-state index is -0.689. The van der Waals surface area contributed by atoms with Gasteiger partial charge in [-0.3, -0.25) is 25.0 Å². The Balaban J connectivity index is 1.68. The lowest BCUT2D eigenvalue weighted by Crippen LogP contribution is -2.49. The van der Waals surface area contributed by atoms with Crippen molar-refractivity contribution in [2.45, 2.75) is 20.3 Å². The van der Waals surface area contributed by atoms with Crippen molar-refractivity contribution >= 4 is 23.0 Å². The van der Waals surface area contributed by atoms with Crippen molar-refractivity contribution in [3.05, 3.63) is 73.3 Å². The average molecular weight is 398 g/mol.